The number of nitrogens with zero attached hydrogens (tertiary/aromatic N) is 1. The van der Waals surface area contributed by atoms with Gasteiger partial charge in [0.15, 0.2) is 0 Å². The van der Waals surface area contributed by atoms with E-state index in [1.54, 1.807) is 0 Å². The Hall–Kier alpha value is -1.39. The van der Waals surface area contributed by atoms with Crippen LogP contribution in [0.15, 0.2) is 30.3 Å². The summed E-state index contributed by atoms with van der Waals surface area (Å²) >= 11 is 0. The molecular weight excluding hydrogens is 242 g/mol. The van der Waals surface area contributed by atoms with Gasteiger partial charge in [-0.2, -0.15) is 0 Å². The molecule has 0 aliphatic carbocycles. The van der Waals surface area contributed by atoms with Crippen LogP contribution in [-0.2, 0) is 11.3 Å². The molecule has 19 heavy (non-hydrogen) atoms. The zero-order valence-electron chi connectivity index (χ0n) is 11.7. The Balaban J connectivity index is 2.38. The summed E-state index contributed by atoms with van der Waals surface area (Å²) in [4.78, 5) is 10.4. The summed E-state index contributed by atoms with van der Waals surface area (Å²) < 4.78 is 0.693. The number of aliphatic hydroxyl groups excluding tert-OH is 1. The first-order valence-corrected chi connectivity index (χ1v) is 6.65. The van der Waals surface area contributed by atoms with E-state index < -0.39 is 12.1 Å². The van der Waals surface area contributed by atoms with Crippen molar-refractivity contribution in [3.63, 3.8) is 0 Å². The van der Waals surface area contributed by atoms with Crippen LogP contribution >= 0.6 is 0 Å². The number of aliphatic carboxylic acids is 1. The van der Waals surface area contributed by atoms with Gasteiger partial charge in [0.05, 0.1) is 14.1 Å². The van der Waals surface area contributed by atoms with Gasteiger partial charge in [-0.3, -0.25) is 4.79 Å². The minimum Gasteiger partial charge on any atom is -0.481 e. The van der Waals surface area contributed by atoms with Crippen molar-refractivity contribution in [2.75, 3.05) is 20.6 Å². The largest absolute Gasteiger partial charge is 0.481 e. The first-order chi connectivity index (χ1) is 8.89. The second kappa shape index (κ2) is 7.26. The molecule has 0 radical (unpaired) electrons. The maximum atomic E-state index is 10.4. The number of carboxylic acids is 1. The van der Waals surface area contributed by atoms with Gasteiger partial charge < -0.3 is 14.7 Å². The van der Waals surface area contributed by atoms with Gasteiger partial charge in [0.25, 0.3) is 0 Å². The molecule has 106 valence electrons. The Kier molecular flexibility index (Phi) is 5.99. The number of carbonyl (C=O) groups is 1. The quantitative estimate of drug-likeness (QED) is 0.706. The molecule has 0 amide bonds. The summed E-state index contributed by atoms with van der Waals surface area (Å²) in [5, 5.41) is 18.5. The Morgan fingerprint density at radius 1 is 1.26 bits per heavy atom. The summed E-state index contributed by atoms with van der Waals surface area (Å²) in [5.74, 6) is -0.801. The van der Waals surface area contributed by atoms with Crippen molar-refractivity contribution in [1.29, 1.82) is 0 Å². The molecule has 1 aromatic carbocycles. The summed E-state index contributed by atoms with van der Waals surface area (Å²) in [5.41, 5.74) is 1.24. The highest BCUT2D eigenvalue weighted by molar-refractivity contribution is 5.66. The number of quaternary nitrogens is 1. The number of likely N-dealkylation sites (N-methyl/N-ethyl adjacent to an activating group) is 1. The fourth-order valence-electron chi connectivity index (χ4n) is 2.29. The maximum absolute atomic E-state index is 10.4. The first-order valence-electron chi connectivity index (χ1n) is 6.65. The van der Waals surface area contributed by atoms with E-state index in [4.69, 9.17) is 5.11 Å². The lowest BCUT2D eigenvalue weighted by Crippen LogP contribution is -2.44. The molecule has 0 aromatic heterocycles. The standard InChI is InChI=1S/C15H23NO3/c1-16(2,11-13-7-4-3-5-8-13)12-14(17)9-6-10-15(18)19/h3-5,7-8,14,17H,6,9-12H2,1-2H3/p+1. The molecule has 0 bridgehead atoms. The lowest BCUT2D eigenvalue weighted by atomic mass is 10.1. The van der Waals surface area contributed by atoms with Crippen LogP contribution in [-0.4, -0.2) is 47.4 Å². The summed E-state index contributed by atoms with van der Waals surface area (Å²) in [7, 11) is 4.15. The molecule has 4 nitrogen and oxygen atoms in total. The van der Waals surface area contributed by atoms with E-state index in [2.05, 4.69) is 26.2 Å². The fraction of sp³-hybridized carbons (Fsp3) is 0.533. The Bertz CT molecular complexity index is 390. The van der Waals surface area contributed by atoms with E-state index in [1.165, 1.54) is 5.56 Å². The third-order valence-corrected chi connectivity index (χ3v) is 3.09. The minimum atomic E-state index is -0.801. The lowest BCUT2D eigenvalue weighted by Gasteiger charge is -2.32. The topological polar surface area (TPSA) is 57.5 Å². The average molecular weight is 266 g/mol. The Morgan fingerprint density at radius 2 is 1.89 bits per heavy atom. The van der Waals surface area contributed by atoms with Gasteiger partial charge in [-0.15, -0.1) is 0 Å². The van der Waals surface area contributed by atoms with Gasteiger partial charge in [0.1, 0.15) is 19.2 Å². The van der Waals surface area contributed by atoms with Crippen LogP contribution in [0.5, 0.6) is 0 Å². The first kappa shape index (κ1) is 15.7. The van der Waals surface area contributed by atoms with Crippen molar-refractivity contribution in [2.24, 2.45) is 0 Å². The monoisotopic (exact) mass is 266 g/mol. The predicted octanol–water partition coefficient (Wildman–Crippen LogP) is 1.88. The van der Waals surface area contributed by atoms with Crippen LogP contribution in [0, 0.1) is 0 Å². The van der Waals surface area contributed by atoms with Crippen molar-refractivity contribution in [2.45, 2.75) is 31.9 Å². The van der Waals surface area contributed by atoms with Crippen molar-refractivity contribution in [3.8, 4) is 0 Å². The van der Waals surface area contributed by atoms with Crippen LogP contribution in [0.2, 0.25) is 0 Å². The Labute approximate surface area is 114 Å². The van der Waals surface area contributed by atoms with E-state index >= 15 is 0 Å². The van der Waals surface area contributed by atoms with Gasteiger partial charge in [-0.05, 0) is 12.8 Å². The van der Waals surface area contributed by atoms with E-state index in [1.807, 2.05) is 18.2 Å². The second-order valence-electron chi connectivity index (χ2n) is 5.70. The van der Waals surface area contributed by atoms with E-state index in [-0.39, 0.29) is 6.42 Å². The number of aliphatic hydroxyl groups is 1. The normalized spacial score (nSPS) is 13.2. The van der Waals surface area contributed by atoms with Gasteiger partial charge in [0, 0.05) is 12.0 Å². The zero-order chi connectivity index (χ0) is 14.3. The van der Waals surface area contributed by atoms with Crippen molar-refractivity contribution in [1.82, 2.24) is 0 Å². The van der Waals surface area contributed by atoms with Gasteiger partial charge in [0.2, 0.25) is 0 Å². The highest BCUT2D eigenvalue weighted by Crippen LogP contribution is 2.12. The van der Waals surface area contributed by atoms with Gasteiger partial charge in [-0.25, -0.2) is 0 Å². The van der Waals surface area contributed by atoms with Crippen molar-refractivity contribution in [3.05, 3.63) is 35.9 Å². The van der Waals surface area contributed by atoms with Gasteiger partial charge in [-0.1, -0.05) is 30.3 Å². The maximum Gasteiger partial charge on any atom is 0.303 e. The summed E-state index contributed by atoms with van der Waals surface area (Å²) in [6.07, 6.45) is 0.756. The molecular formula is C15H24NO3+. The molecule has 4 heteroatoms. The van der Waals surface area contributed by atoms with Crippen molar-refractivity contribution < 1.29 is 19.5 Å². The second-order valence-corrected chi connectivity index (χ2v) is 5.70. The van der Waals surface area contributed by atoms with E-state index in [0.29, 0.717) is 23.9 Å². The lowest BCUT2D eigenvalue weighted by molar-refractivity contribution is -0.906. The molecule has 1 rings (SSSR count). The molecule has 0 saturated heterocycles. The fourth-order valence-corrected chi connectivity index (χ4v) is 2.29. The highest BCUT2D eigenvalue weighted by atomic mass is 16.4. The number of rotatable bonds is 8. The zero-order valence-corrected chi connectivity index (χ0v) is 11.7. The van der Waals surface area contributed by atoms with Gasteiger partial charge >= 0.3 is 5.97 Å². The van der Waals surface area contributed by atoms with E-state index in [0.717, 1.165) is 6.54 Å². The number of benzene rings is 1. The molecule has 0 spiro atoms. The predicted molar refractivity (Wildman–Crippen MR) is 74.6 cm³/mol. The molecule has 1 unspecified atom stereocenters. The van der Waals surface area contributed by atoms with Crippen LogP contribution < -0.4 is 0 Å². The average Bonchev–Trinajstić information content (AvgIpc) is 2.28. The number of hydrogen-bond donors (Lipinski definition) is 2. The summed E-state index contributed by atoms with van der Waals surface area (Å²) in [6, 6.07) is 10.2. The smallest absolute Gasteiger partial charge is 0.303 e. The molecule has 0 fully saturated rings. The minimum absolute atomic E-state index is 0.128. The number of carboxylic acid groups (broad SMARTS) is 1. The Morgan fingerprint density at radius 3 is 2.47 bits per heavy atom. The molecule has 0 aliphatic rings. The third kappa shape index (κ3) is 6.94. The molecule has 0 aliphatic heterocycles. The van der Waals surface area contributed by atoms with Crippen LogP contribution in [0.25, 0.3) is 0 Å². The van der Waals surface area contributed by atoms with E-state index in [9.17, 15) is 9.90 Å². The molecule has 0 heterocycles. The van der Waals surface area contributed by atoms with Crippen LogP contribution in [0.1, 0.15) is 24.8 Å². The number of hydrogen-bond acceptors (Lipinski definition) is 2. The highest BCUT2D eigenvalue weighted by Gasteiger charge is 2.20. The molecule has 1 atom stereocenters. The van der Waals surface area contributed by atoms with Crippen LogP contribution in [0.4, 0.5) is 0 Å². The molecule has 1 aromatic rings. The molecule has 0 saturated carbocycles. The third-order valence-electron chi connectivity index (χ3n) is 3.09. The molecule has 2 N–H and O–H groups in total. The SMILES string of the molecule is C[N+](C)(Cc1ccccc1)CC(O)CCCC(=O)O. The van der Waals surface area contributed by atoms with Crippen molar-refractivity contribution >= 4 is 5.97 Å². The van der Waals surface area contributed by atoms with Crippen LogP contribution in [0.3, 0.4) is 0 Å². The summed E-state index contributed by atoms with van der Waals surface area (Å²) in [6.45, 7) is 1.49.